The van der Waals surface area contributed by atoms with Crippen molar-refractivity contribution in [2.75, 3.05) is 0 Å². The van der Waals surface area contributed by atoms with Crippen LogP contribution in [0.3, 0.4) is 0 Å². The predicted molar refractivity (Wildman–Crippen MR) is 52.1 cm³/mol. The molecule has 2 heterocycles. The van der Waals surface area contributed by atoms with E-state index in [0.717, 1.165) is 11.8 Å². The zero-order chi connectivity index (χ0) is 11.5. The summed E-state index contributed by atoms with van der Waals surface area (Å²) < 4.78 is 5.10. The Bertz CT molecular complexity index is 528. The molecule has 0 atom stereocenters. The molecule has 0 aliphatic carbocycles. The molecule has 7 nitrogen and oxygen atoms in total. The molecule has 16 heavy (non-hydrogen) atoms. The summed E-state index contributed by atoms with van der Waals surface area (Å²) in [4.78, 5) is 18.4. The quantitative estimate of drug-likeness (QED) is 0.845. The van der Waals surface area contributed by atoms with E-state index in [1.165, 1.54) is 12.4 Å². The molecule has 2 rings (SSSR count). The summed E-state index contributed by atoms with van der Waals surface area (Å²) in [6.45, 7) is 1.64. The minimum Gasteiger partial charge on any atom is -0.476 e. The van der Waals surface area contributed by atoms with Crippen molar-refractivity contribution in [3.8, 4) is 0 Å². The highest BCUT2D eigenvalue weighted by atomic mass is 32.2. The molecule has 0 aliphatic heterocycles. The zero-order valence-electron chi connectivity index (χ0n) is 8.12. The second-order valence-electron chi connectivity index (χ2n) is 2.70. The van der Waals surface area contributed by atoms with Gasteiger partial charge in [0.15, 0.2) is 5.69 Å². The number of aryl methyl sites for hydroxylation is 1. The third-order valence-electron chi connectivity index (χ3n) is 1.56. The van der Waals surface area contributed by atoms with E-state index >= 15 is 0 Å². The van der Waals surface area contributed by atoms with Gasteiger partial charge in [0, 0.05) is 19.3 Å². The summed E-state index contributed by atoms with van der Waals surface area (Å²) in [5, 5.41) is 16.7. The van der Waals surface area contributed by atoms with Crippen LogP contribution in [0, 0.1) is 6.92 Å². The highest BCUT2D eigenvalue weighted by Gasteiger charge is 2.16. The minimum atomic E-state index is -1.15. The third kappa shape index (κ3) is 2.16. The minimum absolute atomic E-state index is 0.136. The molecule has 0 amide bonds. The molecule has 0 unspecified atom stereocenters. The van der Waals surface area contributed by atoms with Crippen molar-refractivity contribution in [3.05, 3.63) is 24.0 Å². The van der Waals surface area contributed by atoms with Gasteiger partial charge in [-0.2, -0.15) is 0 Å². The van der Waals surface area contributed by atoms with Gasteiger partial charge in [-0.05, 0) is 11.8 Å². The van der Waals surface area contributed by atoms with Gasteiger partial charge < -0.3 is 9.52 Å². The predicted octanol–water partition coefficient (Wildman–Crippen LogP) is 1.02. The summed E-state index contributed by atoms with van der Waals surface area (Å²) in [6, 6.07) is 0. The smallest absolute Gasteiger partial charge is 0.357 e. The number of nitrogens with zero attached hydrogens (tertiary/aromatic N) is 4. The van der Waals surface area contributed by atoms with E-state index in [9.17, 15) is 4.79 Å². The number of rotatable bonds is 3. The molecule has 0 spiro atoms. The lowest BCUT2D eigenvalue weighted by molar-refractivity contribution is 0.0685. The number of hydrogen-bond acceptors (Lipinski definition) is 7. The lowest BCUT2D eigenvalue weighted by Crippen LogP contribution is -2.03. The topological polar surface area (TPSA) is 102 Å². The first-order valence-corrected chi connectivity index (χ1v) is 5.00. The van der Waals surface area contributed by atoms with Crippen LogP contribution >= 0.6 is 11.8 Å². The highest BCUT2D eigenvalue weighted by molar-refractivity contribution is 7.99. The SMILES string of the molecule is Cc1nnc(Sc2nccnc2C(=O)O)o1. The van der Waals surface area contributed by atoms with Crippen LogP contribution in [0.5, 0.6) is 0 Å². The summed E-state index contributed by atoms with van der Waals surface area (Å²) in [5.74, 6) is -0.741. The van der Waals surface area contributed by atoms with Crippen LogP contribution in [0.25, 0.3) is 0 Å². The Labute approximate surface area is 93.9 Å². The van der Waals surface area contributed by atoms with Crippen molar-refractivity contribution in [1.29, 1.82) is 0 Å². The zero-order valence-corrected chi connectivity index (χ0v) is 8.93. The van der Waals surface area contributed by atoms with E-state index in [0.29, 0.717) is 5.89 Å². The molecule has 0 fully saturated rings. The van der Waals surface area contributed by atoms with E-state index in [1.807, 2.05) is 0 Å². The molecule has 8 heteroatoms. The number of aromatic carboxylic acids is 1. The largest absolute Gasteiger partial charge is 0.476 e. The first-order chi connectivity index (χ1) is 7.66. The number of carbonyl (C=O) groups is 1. The van der Waals surface area contributed by atoms with Gasteiger partial charge in [-0.25, -0.2) is 14.8 Å². The van der Waals surface area contributed by atoms with Gasteiger partial charge in [0.1, 0.15) is 5.03 Å². The van der Waals surface area contributed by atoms with E-state index in [4.69, 9.17) is 9.52 Å². The third-order valence-corrected chi connectivity index (χ3v) is 2.39. The molecule has 0 aliphatic rings. The maximum absolute atomic E-state index is 10.8. The number of carboxylic acids is 1. The van der Waals surface area contributed by atoms with Crippen LogP contribution in [0.4, 0.5) is 0 Å². The summed E-state index contributed by atoms with van der Waals surface area (Å²) >= 11 is 0.969. The van der Waals surface area contributed by atoms with Crippen molar-refractivity contribution in [1.82, 2.24) is 20.2 Å². The lowest BCUT2D eigenvalue weighted by atomic mass is 10.5. The molecule has 2 aromatic rings. The normalized spacial score (nSPS) is 10.3. The van der Waals surface area contributed by atoms with E-state index in [1.54, 1.807) is 6.92 Å². The van der Waals surface area contributed by atoms with E-state index < -0.39 is 5.97 Å². The molecular weight excluding hydrogens is 232 g/mol. The summed E-state index contributed by atoms with van der Waals surface area (Å²) in [7, 11) is 0. The Hall–Kier alpha value is -1.96. The van der Waals surface area contributed by atoms with Gasteiger partial charge >= 0.3 is 5.97 Å². The average molecular weight is 238 g/mol. The maximum Gasteiger partial charge on any atom is 0.357 e. The Balaban J connectivity index is 2.31. The van der Waals surface area contributed by atoms with Crippen LogP contribution < -0.4 is 0 Å². The molecule has 0 saturated carbocycles. The Kier molecular flexibility index (Phi) is 2.82. The van der Waals surface area contributed by atoms with Gasteiger partial charge in [0.05, 0.1) is 0 Å². The fourth-order valence-electron chi connectivity index (χ4n) is 0.949. The number of hydrogen-bond donors (Lipinski definition) is 1. The van der Waals surface area contributed by atoms with Gasteiger partial charge in [-0.3, -0.25) is 0 Å². The molecule has 82 valence electrons. The van der Waals surface area contributed by atoms with Gasteiger partial charge in [-0.15, -0.1) is 10.2 Å². The van der Waals surface area contributed by atoms with Crippen molar-refractivity contribution in [3.63, 3.8) is 0 Å². The van der Waals surface area contributed by atoms with Crippen LogP contribution in [-0.4, -0.2) is 31.2 Å². The molecule has 0 radical (unpaired) electrons. The Morgan fingerprint density at radius 1 is 1.38 bits per heavy atom. The fourth-order valence-corrected chi connectivity index (χ4v) is 1.71. The number of carboxylic acid groups (broad SMARTS) is 1. The Morgan fingerprint density at radius 3 is 2.75 bits per heavy atom. The van der Waals surface area contributed by atoms with Crippen LogP contribution in [0.15, 0.2) is 27.1 Å². The average Bonchev–Trinajstić information content (AvgIpc) is 2.64. The van der Waals surface area contributed by atoms with Crippen LogP contribution in [0.1, 0.15) is 16.4 Å². The summed E-state index contributed by atoms with van der Waals surface area (Å²) in [5.41, 5.74) is -0.136. The van der Waals surface area contributed by atoms with Crippen LogP contribution in [0.2, 0.25) is 0 Å². The molecule has 2 aromatic heterocycles. The fraction of sp³-hybridized carbons (Fsp3) is 0.125. The molecule has 0 bridgehead atoms. The van der Waals surface area contributed by atoms with Crippen molar-refractivity contribution < 1.29 is 14.3 Å². The molecule has 1 N–H and O–H groups in total. The first kappa shape index (κ1) is 10.6. The number of aromatic nitrogens is 4. The van der Waals surface area contributed by atoms with Crippen molar-refractivity contribution >= 4 is 17.7 Å². The monoisotopic (exact) mass is 238 g/mol. The van der Waals surface area contributed by atoms with E-state index in [2.05, 4.69) is 20.2 Å². The van der Waals surface area contributed by atoms with E-state index in [-0.39, 0.29) is 15.9 Å². The summed E-state index contributed by atoms with van der Waals surface area (Å²) in [6.07, 6.45) is 2.71. The van der Waals surface area contributed by atoms with Crippen molar-refractivity contribution in [2.45, 2.75) is 17.2 Å². The first-order valence-electron chi connectivity index (χ1n) is 4.19. The van der Waals surface area contributed by atoms with Gasteiger partial charge in [0.2, 0.25) is 5.89 Å². The van der Waals surface area contributed by atoms with Gasteiger partial charge in [0.25, 0.3) is 5.22 Å². The maximum atomic E-state index is 10.8. The second-order valence-corrected chi connectivity index (χ2v) is 3.64. The second kappa shape index (κ2) is 4.27. The Morgan fingerprint density at radius 2 is 2.12 bits per heavy atom. The highest BCUT2D eigenvalue weighted by Crippen LogP contribution is 2.26. The molecule has 0 saturated heterocycles. The molecule has 0 aromatic carbocycles. The standard InChI is InChI=1S/C8H6N4O3S/c1-4-11-12-8(15-4)16-6-5(7(13)14)9-2-3-10-6/h2-3H,1H3,(H,13,14). The molecular formula is C8H6N4O3S. The van der Waals surface area contributed by atoms with Gasteiger partial charge in [-0.1, -0.05) is 0 Å². The van der Waals surface area contributed by atoms with Crippen LogP contribution in [-0.2, 0) is 0 Å². The lowest BCUT2D eigenvalue weighted by Gasteiger charge is -1.98. The van der Waals surface area contributed by atoms with Crippen molar-refractivity contribution in [2.24, 2.45) is 0 Å².